The zero-order chi connectivity index (χ0) is 8.23. The van der Waals surface area contributed by atoms with Crippen molar-refractivity contribution in [2.75, 3.05) is 13.2 Å². The molecule has 2 heteroatoms. The zero-order valence-electron chi connectivity index (χ0n) is 7.46. The first-order valence-electron chi connectivity index (χ1n) is 4.95. The van der Waals surface area contributed by atoms with Gasteiger partial charge in [-0.15, -0.1) is 0 Å². The van der Waals surface area contributed by atoms with E-state index >= 15 is 0 Å². The Bertz CT molecular complexity index is 161. The highest BCUT2D eigenvalue weighted by Gasteiger charge is 2.18. The normalized spacial score (nSPS) is 35.7. The number of hydrogen-bond donors (Lipinski definition) is 1. The van der Waals surface area contributed by atoms with Gasteiger partial charge in [-0.05, 0) is 25.7 Å². The first-order chi connectivity index (χ1) is 5.95. The van der Waals surface area contributed by atoms with E-state index in [0.717, 1.165) is 13.2 Å². The lowest BCUT2D eigenvalue weighted by molar-refractivity contribution is 0.188. The van der Waals surface area contributed by atoms with Gasteiger partial charge in [-0.2, -0.15) is 0 Å². The van der Waals surface area contributed by atoms with Crippen LogP contribution < -0.4 is 5.32 Å². The lowest BCUT2D eigenvalue weighted by atomic mass is 10.0. The van der Waals surface area contributed by atoms with E-state index in [1.54, 1.807) is 0 Å². The Morgan fingerprint density at radius 1 is 1.33 bits per heavy atom. The predicted octanol–water partition coefficient (Wildman–Crippen LogP) is 1.47. The highest BCUT2D eigenvalue weighted by atomic mass is 16.5. The summed E-state index contributed by atoms with van der Waals surface area (Å²) in [5.74, 6) is 0. The maximum absolute atomic E-state index is 5.31. The van der Waals surface area contributed by atoms with E-state index in [4.69, 9.17) is 4.74 Å². The quantitative estimate of drug-likeness (QED) is 0.629. The van der Waals surface area contributed by atoms with Crippen molar-refractivity contribution < 1.29 is 4.74 Å². The van der Waals surface area contributed by atoms with E-state index in [2.05, 4.69) is 17.5 Å². The highest BCUT2D eigenvalue weighted by molar-refractivity contribution is 4.98. The summed E-state index contributed by atoms with van der Waals surface area (Å²) in [6.45, 7) is 1.85. The van der Waals surface area contributed by atoms with Crippen LogP contribution in [0, 0.1) is 0 Å². The maximum atomic E-state index is 5.31. The van der Waals surface area contributed by atoms with Crippen molar-refractivity contribution in [1.82, 2.24) is 5.32 Å². The van der Waals surface area contributed by atoms with Crippen molar-refractivity contribution in [2.24, 2.45) is 0 Å². The summed E-state index contributed by atoms with van der Waals surface area (Å²) in [7, 11) is 0. The molecule has 1 aliphatic carbocycles. The number of ether oxygens (including phenoxy) is 1. The Hall–Kier alpha value is -0.340. The molecule has 1 fully saturated rings. The van der Waals surface area contributed by atoms with E-state index in [1.807, 2.05) is 0 Å². The summed E-state index contributed by atoms with van der Waals surface area (Å²) in [5, 5.41) is 3.61. The Morgan fingerprint density at radius 3 is 3.00 bits per heavy atom. The predicted molar refractivity (Wildman–Crippen MR) is 49.1 cm³/mol. The largest absolute Gasteiger partial charge is 0.380 e. The highest BCUT2D eigenvalue weighted by Crippen LogP contribution is 2.13. The van der Waals surface area contributed by atoms with Crippen LogP contribution >= 0.6 is 0 Å². The molecule has 1 heterocycles. The van der Waals surface area contributed by atoms with Gasteiger partial charge in [-0.25, -0.2) is 0 Å². The molecule has 2 atom stereocenters. The zero-order valence-corrected chi connectivity index (χ0v) is 7.46. The molecule has 0 spiro atoms. The molecule has 2 unspecified atom stereocenters. The minimum absolute atomic E-state index is 0.609. The molecule has 0 aromatic rings. The van der Waals surface area contributed by atoms with Gasteiger partial charge in [0, 0.05) is 18.7 Å². The van der Waals surface area contributed by atoms with Gasteiger partial charge in [0.1, 0.15) is 0 Å². The van der Waals surface area contributed by atoms with Crippen LogP contribution in [0.4, 0.5) is 0 Å². The molecule has 68 valence electrons. The van der Waals surface area contributed by atoms with Crippen LogP contribution in [0.5, 0.6) is 0 Å². The fourth-order valence-electron chi connectivity index (χ4n) is 1.92. The third-order valence-corrected chi connectivity index (χ3v) is 2.63. The first-order valence-corrected chi connectivity index (χ1v) is 4.95. The van der Waals surface area contributed by atoms with Crippen molar-refractivity contribution >= 4 is 0 Å². The molecule has 2 nitrogen and oxygen atoms in total. The average molecular weight is 167 g/mol. The third kappa shape index (κ3) is 2.08. The van der Waals surface area contributed by atoms with Crippen LogP contribution in [-0.4, -0.2) is 25.3 Å². The van der Waals surface area contributed by atoms with Crippen molar-refractivity contribution in [2.45, 2.75) is 37.8 Å². The molecule has 12 heavy (non-hydrogen) atoms. The van der Waals surface area contributed by atoms with Crippen molar-refractivity contribution in [3.05, 3.63) is 12.2 Å². The summed E-state index contributed by atoms with van der Waals surface area (Å²) < 4.78 is 5.31. The minimum atomic E-state index is 0.609. The van der Waals surface area contributed by atoms with Gasteiger partial charge in [0.05, 0.1) is 6.61 Å². The van der Waals surface area contributed by atoms with Gasteiger partial charge in [0.25, 0.3) is 0 Å². The summed E-state index contributed by atoms with van der Waals surface area (Å²) >= 11 is 0. The lowest BCUT2D eigenvalue weighted by Gasteiger charge is -2.21. The Kier molecular flexibility index (Phi) is 2.79. The van der Waals surface area contributed by atoms with Crippen molar-refractivity contribution in [1.29, 1.82) is 0 Å². The van der Waals surface area contributed by atoms with Gasteiger partial charge in [-0.1, -0.05) is 12.2 Å². The molecule has 2 rings (SSSR count). The number of hydrogen-bond acceptors (Lipinski definition) is 2. The molecule has 0 aromatic carbocycles. The summed E-state index contributed by atoms with van der Waals surface area (Å²) in [6.07, 6.45) is 9.68. The topological polar surface area (TPSA) is 21.3 Å². The van der Waals surface area contributed by atoms with E-state index < -0.39 is 0 Å². The third-order valence-electron chi connectivity index (χ3n) is 2.63. The van der Waals surface area contributed by atoms with E-state index in [0.29, 0.717) is 12.1 Å². The van der Waals surface area contributed by atoms with Crippen LogP contribution in [0.25, 0.3) is 0 Å². The lowest BCUT2D eigenvalue weighted by Crippen LogP contribution is -2.38. The second kappa shape index (κ2) is 4.06. The van der Waals surface area contributed by atoms with Crippen LogP contribution in [-0.2, 0) is 4.74 Å². The number of nitrogens with one attached hydrogen (secondary N) is 1. The molecule has 0 aromatic heterocycles. The molecule has 0 radical (unpaired) electrons. The van der Waals surface area contributed by atoms with Gasteiger partial charge in [0.2, 0.25) is 0 Å². The SMILES string of the molecule is C1=CC(NC2CCOC2)CCC1. The molecule has 2 aliphatic rings. The summed E-state index contributed by atoms with van der Waals surface area (Å²) in [5.41, 5.74) is 0. The second-order valence-electron chi connectivity index (χ2n) is 3.69. The standard InChI is InChI=1S/C10H17NO/c1-2-4-9(5-3-1)11-10-6-7-12-8-10/h2,4,9-11H,1,3,5-8H2. The van der Waals surface area contributed by atoms with E-state index in [1.165, 1.54) is 25.7 Å². The van der Waals surface area contributed by atoms with Crippen LogP contribution in [0.15, 0.2) is 12.2 Å². The average Bonchev–Trinajstić information content (AvgIpc) is 2.59. The van der Waals surface area contributed by atoms with E-state index in [9.17, 15) is 0 Å². The molecule has 0 bridgehead atoms. The van der Waals surface area contributed by atoms with Gasteiger partial charge in [0.15, 0.2) is 0 Å². The monoisotopic (exact) mass is 167 g/mol. The molecular formula is C10H17NO. The molecule has 1 N–H and O–H groups in total. The van der Waals surface area contributed by atoms with Crippen LogP contribution in [0.3, 0.4) is 0 Å². The Balaban J connectivity index is 1.77. The summed E-state index contributed by atoms with van der Waals surface area (Å²) in [4.78, 5) is 0. The number of allylic oxidation sites excluding steroid dienone is 1. The molecular weight excluding hydrogens is 150 g/mol. The fourth-order valence-corrected chi connectivity index (χ4v) is 1.92. The van der Waals surface area contributed by atoms with Gasteiger partial charge in [-0.3, -0.25) is 0 Å². The van der Waals surface area contributed by atoms with Crippen molar-refractivity contribution in [3.8, 4) is 0 Å². The smallest absolute Gasteiger partial charge is 0.0620 e. The van der Waals surface area contributed by atoms with Crippen molar-refractivity contribution in [3.63, 3.8) is 0 Å². The maximum Gasteiger partial charge on any atom is 0.0620 e. The van der Waals surface area contributed by atoms with Gasteiger partial charge >= 0.3 is 0 Å². The first kappa shape index (κ1) is 8.27. The van der Waals surface area contributed by atoms with Gasteiger partial charge < -0.3 is 10.1 Å². The molecule has 0 amide bonds. The van der Waals surface area contributed by atoms with Crippen LogP contribution in [0.2, 0.25) is 0 Å². The number of rotatable bonds is 2. The fraction of sp³-hybridized carbons (Fsp3) is 0.800. The summed E-state index contributed by atoms with van der Waals surface area (Å²) in [6, 6.07) is 1.23. The molecule has 1 aliphatic heterocycles. The molecule has 0 saturated carbocycles. The minimum Gasteiger partial charge on any atom is -0.380 e. The Labute approximate surface area is 74.0 Å². The van der Waals surface area contributed by atoms with Crippen LogP contribution in [0.1, 0.15) is 25.7 Å². The van der Waals surface area contributed by atoms with E-state index in [-0.39, 0.29) is 0 Å². The Morgan fingerprint density at radius 2 is 2.33 bits per heavy atom. The second-order valence-corrected chi connectivity index (χ2v) is 3.69. The molecule has 1 saturated heterocycles.